The first-order chi connectivity index (χ1) is 12.1. The van der Waals surface area contributed by atoms with Crippen molar-refractivity contribution in [3.63, 3.8) is 0 Å². The van der Waals surface area contributed by atoms with E-state index in [1.165, 1.54) is 0 Å². The van der Waals surface area contributed by atoms with Crippen molar-refractivity contribution in [2.45, 2.75) is 6.61 Å². The minimum atomic E-state index is -1.06. The van der Waals surface area contributed by atoms with Gasteiger partial charge in [-0.2, -0.15) is 0 Å². The summed E-state index contributed by atoms with van der Waals surface area (Å²) in [5.74, 6) is 4.91. The second-order valence-corrected chi connectivity index (χ2v) is 4.90. The standard InChI is InChI=1S/C19H17NO5/c21-18(22)14-24-17-11-5-4-9-16(17)10-6-12-20-19(23)25-13-15-7-2-1-3-8-15/h1-5,7-9,11H,12-14H2,(H,20,23)(H,21,22). The number of carboxylic acid groups (broad SMARTS) is 1. The first-order valence-electron chi connectivity index (χ1n) is 7.52. The number of ether oxygens (including phenoxy) is 2. The Kier molecular flexibility index (Phi) is 6.89. The molecule has 6 heteroatoms. The van der Waals surface area contributed by atoms with Crippen molar-refractivity contribution >= 4 is 12.1 Å². The lowest BCUT2D eigenvalue weighted by molar-refractivity contribution is -0.139. The van der Waals surface area contributed by atoms with E-state index in [1.807, 2.05) is 30.3 Å². The molecule has 0 saturated heterocycles. The lowest BCUT2D eigenvalue weighted by atomic mass is 10.2. The van der Waals surface area contributed by atoms with Crippen LogP contribution in [0.15, 0.2) is 54.6 Å². The Labute approximate surface area is 145 Å². The molecule has 25 heavy (non-hydrogen) atoms. The zero-order valence-electron chi connectivity index (χ0n) is 13.4. The molecule has 0 aliphatic carbocycles. The van der Waals surface area contributed by atoms with E-state index in [0.717, 1.165) is 5.56 Å². The summed E-state index contributed by atoms with van der Waals surface area (Å²) in [5, 5.41) is 11.2. The molecule has 0 fully saturated rings. The molecule has 2 N–H and O–H groups in total. The maximum absolute atomic E-state index is 11.6. The number of rotatable bonds is 6. The van der Waals surface area contributed by atoms with Crippen molar-refractivity contribution < 1.29 is 24.2 Å². The van der Waals surface area contributed by atoms with Gasteiger partial charge in [0, 0.05) is 0 Å². The third-order valence-electron chi connectivity index (χ3n) is 3.00. The van der Waals surface area contributed by atoms with E-state index in [1.54, 1.807) is 24.3 Å². The van der Waals surface area contributed by atoms with Crippen LogP contribution in [0.25, 0.3) is 0 Å². The quantitative estimate of drug-likeness (QED) is 0.790. The molecule has 6 nitrogen and oxygen atoms in total. The van der Waals surface area contributed by atoms with Crippen LogP contribution in [0.5, 0.6) is 5.75 Å². The number of alkyl carbamates (subject to hydrolysis) is 1. The minimum Gasteiger partial charge on any atom is -0.481 e. The van der Waals surface area contributed by atoms with Gasteiger partial charge in [-0.25, -0.2) is 9.59 Å². The van der Waals surface area contributed by atoms with E-state index >= 15 is 0 Å². The molecular weight excluding hydrogens is 322 g/mol. The number of carboxylic acids is 1. The zero-order chi connectivity index (χ0) is 17.9. The fourth-order valence-electron chi connectivity index (χ4n) is 1.87. The van der Waals surface area contributed by atoms with Crippen LogP contribution in [0, 0.1) is 11.8 Å². The molecule has 0 heterocycles. The highest BCUT2D eigenvalue weighted by atomic mass is 16.5. The third kappa shape index (κ3) is 6.67. The van der Waals surface area contributed by atoms with E-state index in [9.17, 15) is 9.59 Å². The number of amides is 1. The highest BCUT2D eigenvalue weighted by molar-refractivity contribution is 5.69. The van der Waals surface area contributed by atoms with Crippen molar-refractivity contribution in [1.82, 2.24) is 5.32 Å². The minimum absolute atomic E-state index is 0.0981. The highest BCUT2D eigenvalue weighted by Gasteiger charge is 2.03. The van der Waals surface area contributed by atoms with Gasteiger partial charge in [0.2, 0.25) is 0 Å². The molecule has 2 aromatic rings. The van der Waals surface area contributed by atoms with Crippen LogP contribution in [-0.4, -0.2) is 30.3 Å². The normalized spacial score (nSPS) is 9.44. The Balaban J connectivity index is 1.80. The Morgan fingerprint density at radius 3 is 2.52 bits per heavy atom. The van der Waals surface area contributed by atoms with Gasteiger partial charge in [-0.05, 0) is 17.7 Å². The number of carbonyl (C=O) groups excluding carboxylic acids is 1. The van der Waals surface area contributed by atoms with Crippen LogP contribution in [0.3, 0.4) is 0 Å². The van der Waals surface area contributed by atoms with E-state index in [0.29, 0.717) is 11.3 Å². The fourth-order valence-corrected chi connectivity index (χ4v) is 1.87. The van der Waals surface area contributed by atoms with Crippen LogP contribution in [0.1, 0.15) is 11.1 Å². The molecule has 0 spiro atoms. The van der Waals surface area contributed by atoms with Gasteiger partial charge in [-0.3, -0.25) is 0 Å². The van der Waals surface area contributed by atoms with E-state index < -0.39 is 18.7 Å². The van der Waals surface area contributed by atoms with Crippen LogP contribution in [-0.2, 0) is 16.1 Å². The van der Waals surface area contributed by atoms with Crippen molar-refractivity contribution in [3.05, 3.63) is 65.7 Å². The third-order valence-corrected chi connectivity index (χ3v) is 3.00. The maximum atomic E-state index is 11.6. The molecule has 0 bridgehead atoms. The number of nitrogens with one attached hydrogen (secondary N) is 1. The van der Waals surface area contributed by atoms with Crippen molar-refractivity contribution in [2.75, 3.05) is 13.2 Å². The Bertz CT molecular complexity index is 777. The Morgan fingerprint density at radius 2 is 1.76 bits per heavy atom. The van der Waals surface area contributed by atoms with Gasteiger partial charge in [-0.15, -0.1) is 0 Å². The highest BCUT2D eigenvalue weighted by Crippen LogP contribution is 2.16. The van der Waals surface area contributed by atoms with Gasteiger partial charge in [0.05, 0.1) is 12.1 Å². The maximum Gasteiger partial charge on any atom is 0.408 e. The molecule has 0 aliphatic heterocycles. The van der Waals surface area contributed by atoms with Crippen LogP contribution in [0.2, 0.25) is 0 Å². The van der Waals surface area contributed by atoms with E-state index in [-0.39, 0.29) is 13.2 Å². The second kappa shape index (κ2) is 9.63. The number of aliphatic carboxylic acids is 1. The second-order valence-electron chi connectivity index (χ2n) is 4.90. The van der Waals surface area contributed by atoms with Crippen molar-refractivity contribution in [2.24, 2.45) is 0 Å². The van der Waals surface area contributed by atoms with Crippen LogP contribution in [0.4, 0.5) is 4.79 Å². The molecular formula is C19H17NO5. The molecule has 2 aromatic carbocycles. The predicted molar refractivity (Wildman–Crippen MR) is 91.1 cm³/mol. The van der Waals surface area contributed by atoms with Crippen LogP contribution < -0.4 is 10.1 Å². The zero-order valence-corrected chi connectivity index (χ0v) is 13.4. The summed E-state index contributed by atoms with van der Waals surface area (Å²) in [5.41, 5.74) is 1.44. The summed E-state index contributed by atoms with van der Waals surface area (Å²) in [4.78, 5) is 22.1. The fraction of sp³-hybridized carbons (Fsp3) is 0.158. The van der Waals surface area contributed by atoms with Crippen molar-refractivity contribution in [3.8, 4) is 17.6 Å². The monoisotopic (exact) mass is 339 g/mol. The smallest absolute Gasteiger partial charge is 0.408 e. The summed E-state index contributed by atoms with van der Waals surface area (Å²) in [6.45, 7) is -0.157. The first kappa shape index (κ1) is 17.9. The van der Waals surface area contributed by atoms with Crippen LogP contribution >= 0.6 is 0 Å². The van der Waals surface area contributed by atoms with E-state index in [2.05, 4.69) is 17.2 Å². The van der Waals surface area contributed by atoms with Gasteiger partial charge in [0.25, 0.3) is 0 Å². The summed E-state index contributed by atoms with van der Waals surface area (Å²) in [7, 11) is 0. The lowest BCUT2D eigenvalue weighted by Gasteiger charge is -2.05. The average Bonchev–Trinajstić information content (AvgIpc) is 2.63. The molecule has 0 aromatic heterocycles. The average molecular weight is 339 g/mol. The summed E-state index contributed by atoms with van der Waals surface area (Å²) in [6, 6.07) is 16.2. The molecule has 0 atom stereocenters. The molecule has 0 aliphatic rings. The number of carbonyl (C=O) groups is 2. The SMILES string of the molecule is O=C(O)COc1ccccc1C#CCNC(=O)OCc1ccccc1. The van der Waals surface area contributed by atoms with Gasteiger partial charge in [0.15, 0.2) is 6.61 Å². The summed E-state index contributed by atoms with van der Waals surface area (Å²) >= 11 is 0. The molecule has 0 unspecified atom stereocenters. The number of para-hydroxylation sites is 1. The predicted octanol–water partition coefficient (Wildman–Crippen LogP) is 2.43. The largest absolute Gasteiger partial charge is 0.481 e. The Hall–Kier alpha value is -3.46. The van der Waals surface area contributed by atoms with E-state index in [4.69, 9.17) is 14.6 Å². The Morgan fingerprint density at radius 1 is 1.04 bits per heavy atom. The molecule has 128 valence electrons. The number of benzene rings is 2. The lowest BCUT2D eigenvalue weighted by Crippen LogP contribution is -2.24. The first-order valence-corrected chi connectivity index (χ1v) is 7.52. The molecule has 0 radical (unpaired) electrons. The topological polar surface area (TPSA) is 84.9 Å². The molecule has 2 rings (SSSR count). The van der Waals surface area contributed by atoms with Crippen molar-refractivity contribution in [1.29, 1.82) is 0 Å². The number of hydrogen-bond acceptors (Lipinski definition) is 4. The van der Waals surface area contributed by atoms with Gasteiger partial charge in [-0.1, -0.05) is 54.3 Å². The molecule has 1 amide bonds. The number of hydrogen-bond donors (Lipinski definition) is 2. The summed E-state index contributed by atoms with van der Waals surface area (Å²) < 4.78 is 10.2. The van der Waals surface area contributed by atoms with Gasteiger partial charge >= 0.3 is 12.1 Å². The molecule has 0 saturated carbocycles. The van der Waals surface area contributed by atoms with Gasteiger partial charge in [0.1, 0.15) is 12.4 Å². The summed E-state index contributed by atoms with van der Waals surface area (Å²) in [6.07, 6.45) is -0.562. The van der Waals surface area contributed by atoms with Gasteiger partial charge < -0.3 is 19.9 Å².